The lowest BCUT2D eigenvalue weighted by molar-refractivity contribution is 0.0739. The minimum Gasteiger partial charge on any atom is -0.340 e. The Hall–Kier alpha value is -1.86. The summed E-state index contributed by atoms with van der Waals surface area (Å²) in [5, 5.41) is 0. The summed E-state index contributed by atoms with van der Waals surface area (Å²) in [7, 11) is 1.78. The largest absolute Gasteiger partial charge is 0.340 e. The number of nitrogens with zero attached hydrogens (tertiary/aromatic N) is 2. The summed E-state index contributed by atoms with van der Waals surface area (Å²) in [6.45, 7) is 7.19. The van der Waals surface area contributed by atoms with Gasteiger partial charge < -0.3 is 10.6 Å². The second kappa shape index (κ2) is 6.35. The van der Waals surface area contributed by atoms with Crippen molar-refractivity contribution in [3.63, 3.8) is 0 Å². The normalized spacial score (nSPS) is 10.6. The molecule has 1 aromatic heterocycles. The zero-order valence-corrected chi connectivity index (χ0v) is 12.0. The number of carbonyl (C=O) groups excluding carboxylic acids is 1. The van der Waals surface area contributed by atoms with Crippen LogP contribution in [0.5, 0.6) is 0 Å². The minimum absolute atomic E-state index is 0.0439. The van der Waals surface area contributed by atoms with Crippen molar-refractivity contribution in [2.45, 2.75) is 20.8 Å². The number of hydrogen-bond donors (Lipinski definition) is 1. The van der Waals surface area contributed by atoms with Crippen LogP contribution in [0, 0.1) is 17.3 Å². The van der Waals surface area contributed by atoms with Crippen molar-refractivity contribution < 1.29 is 4.79 Å². The van der Waals surface area contributed by atoms with E-state index in [1.54, 1.807) is 30.3 Å². The molecule has 1 amide bonds. The van der Waals surface area contributed by atoms with Crippen LogP contribution in [0.4, 0.5) is 0 Å². The lowest BCUT2D eigenvalue weighted by Gasteiger charge is -2.26. The molecule has 1 aromatic rings. The molecule has 0 spiro atoms. The van der Waals surface area contributed by atoms with Gasteiger partial charge in [0.2, 0.25) is 0 Å². The Bertz CT molecular complexity index is 506. The van der Waals surface area contributed by atoms with E-state index in [1.165, 1.54) is 0 Å². The first-order valence-electron chi connectivity index (χ1n) is 6.24. The number of pyridine rings is 1. The van der Waals surface area contributed by atoms with Crippen molar-refractivity contribution in [1.82, 2.24) is 9.88 Å². The summed E-state index contributed by atoms with van der Waals surface area (Å²) in [5.41, 5.74) is 6.41. The molecule has 0 bridgehead atoms. The first-order chi connectivity index (χ1) is 8.85. The van der Waals surface area contributed by atoms with Crippen LogP contribution in [0.25, 0.3) is 0 Å². The summed E-state index contributed by atoms with van der Waals surface area (Å²) < 4.78 is 0. The van der Waals surface area contributed by atoms with Crippen LogP contribution in [-0.2, 0) is 0 Å². The van der Waals surface area contributed by atoms with Gasteiger partial charge in [0.25, 0.3) is 5.91 Å². The summed E-state index contributed by atoms with van der Waals surface area (Å²) in [6.07, 6.45) is 1.60. The maximum absolute atomic E-state index is 12.4. The molecular formula is C15H21N3O. The Kier molecular flexibility index (Phi) is 5.08. The van der Waals surface area contributed by atoms with Crippen LogP contribution in [0.3, 0.4) is 0 Å². The monoisotopic (exact) mass is 259 g/mol. The van der Waals surface area contributed by atoms with Gasteiger partial charge in [-0.2, -0.15) is 0 Å². The van der Waals surface area contributed by atoms with Gasteiger partial charge in [0.1, 0.15) is 5.69 Å². The Morgan fingerprint density at radius 1 is 1.47 bits per heavy atom. The molecule has 0 radical (unpaired) electrons. The molecule has 0 saturated carbocycles. The topological polar surface area (TPSA) is 59.2 Å². The number of hydrogen-bond acceptors (Lipinski definition) is 3. The van der Waals surface area contributed by atoms with E-state index in [0.717, 1.165) is 0 Å². The molecule has 2 N–H and O–H groups in total. The van der Waals surface area contributed by atoms with Gasteiger partial charge in [0.15, 0.2) is 0 Å². The molecule has 1 heterocycles. The van der Waals surface area contributed by atoms with E-state index in [-0.39, 0.29) is 17.9 Å². The molecule has 19 heavy (non-hydrogen) atoms. The van der Waals surface area contributed by atoms with E-state index in [1.807, 2.05) is 0 Å². The summed E-state index contributed by atoms with van der Waals surface area (Å²) in [5.74, 6) is 5.53. The van der Waals surface area contributed by atoms with Crippen LogP contribution in [0.1, 0.15) is 36.8 Å². The lowest BCUT2D eigenvalue weighted by atomic mass is 9.96. The summed E-state index contributed by atoms with van der Waals surface area (Å²) in [4.78, 5) is 18.2. The van der Waals surface area contributed by atoms with E-state index in [4.69, 9.17) is 5.73 Å². The molecule has 0 saturated heterocycles. The SMILES string of the molecule is CN(CC(C)(C)C)C(=O)c1ncccc1C#CCN. The third-order valence-electron chi connectivity index (χ3n) is 2.39. The second-order valence-corrected chi connectivity index (χ2v) is 5.63. The quantitative estimate of drug-likeness (QED) is 0.819. The molecule has 0 aromatic carbocycles. The van der Waals surface area contributed by atoms with E-state index in [9.17, 15) is 4.79 Å². The van der Waals surface area contributed by atoms with Crippen molar-refractivity contribution in [2.24, 2.45) is 11.1 Å². The van der Waals surface area contributed by atoms with Gasteiger partial charge >= 0.3 is 0 Å². The van der Waals surface area contributed by atoms with Gasteiger partial charge in [-0.25, -0.2) is 4.98 Å². The molecule has 4 nitrogen and oxygen atoms in total. The van der Waals surface area contributed by atoms with Gasteiger partial charge in [0, 0.05) is 19.8 Å². The predicted molar refractivity (Wildman–Crippen MR) is 76.6 cm³/mol. The molecule has 0 aliphatic carbocycles. The standard InChI is InChI=1S/C15H21N3O/c1-15(2,3)11-18(4)14(19)13-12(7-5-9-16)8-6-10-17-13/h6,8,10H,9,11,16H2,1-4H3. The molecule has 102 valence electrons. The smallest absolute Gasteiger partial charge is 0.273 e. The minimum atomic E-state index is -0.114. The van der Waals surface area contributed by atoms with Crippen molar-refractivity contribution in [3.05, 3.63) is 29.6 Å². The van der Waals surface area contributed by atoms with Crippen LogP contribution in [0.2, 0.25) is 0 Å². The average molecular weight is 259 g/mol. The number of carbonyl (C=O) groups is 1. The molecule has 0 aliphatic rings. The fraction of sp³-hybridized carbons (Fsp3) is 0.467. The van der Waals surface area contributed by atoms with Crippen LogP contribution < -0.4 is 5.73 Å². The molecule has 0 aliphatic heterocycles. The van der Waals surface area contributed by atoms with E-state index >= 15 is 0 Å². The average Bonchev–Trinajstić information content (AvgIpc) is 2.33. The second-order valence-electron chi connectivity index (χ2n) is 5.63. The van der Waals surface area contributed by atoms with Crippen molar-refractivity contribution in [1.29, 1.82) is 0 Å². The van der Waals surface area contributed by atoms with Gasteiger partial charge in [-0.3, -0.25) is 4.79 Å². The van der Waals surface area contributed by atoms with Crippen LogP contribution >= 0.6 is 0 Å². The highest BCUT2D eigenvalue weighted by Gasteiger charge is 2.21. The number of amides is 1. The first-order valence-corrected chi connectivity index (χ1v) is 6.24. The van der Waals surface area contributed by atoms with Crippen LogP contribution in [0.15, 0.2) is 18.3 Å². The van der Waals surface area contributed by atoms with Crippen LogP contribution in [-0.4, -0.2) is 35.9 Å². The molecule has 4 heteroatoms. The summed E-state index contributed by atoms with van der Waals surface area (Å²) in [6, 6.07) is 3.55. The maximum atomic E-state index is 12.4. The maximum Gasteiger partial charge on any atom is 0.273 e. The van der Waals surface area contributed by atoms with Crippen molar-refractivity contribution in [3.8, 4) is 11.8 Å². The van der Waals surface area contributed by atoms with Crippen molar-refractivity contribution >= 4 is 5.91 Å². The van der Waals surface area contributed by atoms with Gasteiger partial charge in [0.05, 0.1) is 12.1 Å². The zero-order valence-electron chi connectivity index (χ0n) is 12.0. The molecular weight excluding hydrogens is 238 g/mol. The number of rotatable bonds is 2. The number of nitrogens with two attached hydrogens (primary N) is 1. The Morgan fingerprint density at radius 3 is 2.74 bits per heavy atom. The fourth-order valence-electron chi connectivity index (χ4n) is 1.79. The molecule has 0 fully saturated rings. The zero-order chi connectivity index (χ0) is 14.5. The van der Waals surface area contributed by atoms with Gasteiger partial charge in [-0.05, 0) is 17.5 Å². The van der Waals surface area contributed by atoms with E-state index < -0.39 is 0 Å². The third-order valence-corrected chi connectivity index (χ3v) is 2.39. The predicted octanol–water partition coefficient (Wildman–Crippen LogP) is 1.51. The lowest BCUT2D eigenvalue weighted by Crippen LogP contribution is -2.35. The Balaban J connectivity index is 2.99. The highest BCUT2D eigenvalue weighted by molar-refractivity contribution is 5.94. The third kappa shape index (κ3) is 4.72. The van der Waals surface area contributed by atoms with E-state index in [0.29, 0.717) is 17.8 Å². The molecule has 1 rings (SSSR count). The van der Waals surface area contributed by atoms with Gasteiger partial charge in [-0.1, -0.05) is 32.6 Å². The first kappa shape index (κ1) is 15.2. The highest BCUT2D eigenvalue weighted by Crippen LogP contribution is 2.16. The van der Waals surface area contributed by atoms with Gasteiger partial charge in [-0.15, -0.1) is 0 Å². The summed E-state index contributed by atoms with van der Waals surface area (Å²) >= 11 is 0. The fourth-order valence-corrected chi connectivity index (χ4v) is 1.79. The Labute approximate surface area is 115 Å². The highest BCUT2D eigenvalue weighted by atomic mass is 16.2. The van der Waals surface area contributed by atoms with Crippen molar-refractivity contribution in [2.75, 3.05) is 20.1 Å². The molecule has 0 atom stereocenters. The van der Waals surface area contributed by atoms with E-state index in [2.05, 4.69) is 37.6 Å². The molecule has 0 unspecified atom stereocenters. The number of aromatic nitrogens is 1. The Morgan fingerprint density at radius 2 is 2.16 bits per heavy atom.